The maximum Gasteiger partial charge on any atom is 0.164 e. The normalized spacial score (nSPS) is 11.1. The van der Waals surface area contributed by atoms with E-state index in [4.69, 9.17) is 60.7 Å². The molecule has 0 saturated carbocycles. The largest absolute Gasteiger partial charge is 0.489 e. The van der Waals surface area contributed by atoms with Gasteiger partial charge < -0.3 is 9.47 Å². The van der Waals surface area contributed by atoms with Gasteiger partial charge in [0.15, 0.2) is 5.75 Å². The first-order valence-electron chi connectivity index (χ1n) is 6.28. The number of nitrogens with one attached hydrogen (secondary N) is 1. The van der Waals surface area contributed by atoms with Crippen LogP contribution < -0.4 is 15.0 Å². The highest BCUT2D eigenvalue weighted by atomic mass is 35.5. The second kappa shape index (κ2) is 10.1. The van der Waals surface area contributed by atoms with Crippen LogP contribution in [0.3, 0.4) is 0 Å². The molecule has 122 valence electrons. The van der Waals surface area contributed by atoms with E-state index in [0.29, 0.717) is 33.8 Å². The van der Waals surface area contributed by atoms with Crippen LogP contribution in [0.15, 0.2) is 34.7 Å². The van der Waals surface area contributed by atoms with Crippen molar-refractivity contribution in [3.05, 3.63) is 44.7 Å². The third-order valence-electron chi connectivity index (χ3n) is 2.19. The average Bonchev–Trinajstić information content (AvgIpc) is 2.43. The zero-order valence-electron chi connectivity index (χ0n) is 12.0. The van der Waals surface area contributed by atoms with E-state index in [1.54, 1.807) is 19.1 Å². The Morgan fingerprint density at radius 2 is 1.86 bits per heavy atom. The van der Waals surface area contributed by atoms with Crippen LogP contribution >= 0.6 is 46.4 Å². The number of allylic oxidation sites excluding steroid dienone is 1. The number of rotatable bonds is 8. The molecule has 0 aliphatic carbocycles. The van der Waals surface area contributed by atoms with Crippen LogP contribution in [0.5, 0.6) is 11.5 Å². The van der Waals surface area contributed by atoms with E-state index in [1.807, 2.05) is 6.92 Å². The number of hydrogen-bond acceptors (Lipinski definition) is 4. The molecule has 0 aliphatic heterocycles. The van der Waals surface area contributed by atoms with Gasteiger partial charge in [0.2, 0.25) is 0 Å². The highest BCUT2D eigenvalue weighted by molar-refractivity contribution is 6.55. The minimum atomic E-state index is 0.125. The zero-order valence-corrected chi connectivity index (χ0v) is 15.0. The van der Waals surface area contributed by atoms with Gasteiger partial charge in [-0.25, -0.2) is 0 Å². The summed E-state index contributed by atoms with van der Waals surface area (Å²) in [5, 5.41) is 0.618. The van der Waals surface area contributed by atoms with Gasteiger partial charge in [-0.1, -0.05) is 46.4 Å². The second-order valence-corrected chi connectivity index (χ2v) is 5.80. The Kier molecular flexibility index (Phi) is 8.83. The van der Waals surface area contributed by atoms with Gasteiger partial charge in [-0.3, -0.25) is 10.3 Å². The molecule has 1 N–H and O–H groups in total. The summed E-state index contributed by atoms with van der Waals surface area (Å²) in [6.45, 7) is 4.36. The maximum absolute atomic E-state index is 6.13. The zero-order chi connectivity index (χ0) is 16.5. The van der Waals surface area contributed by atoms with E-state index in [9.17, 15) is 0 Å². The lowest BCUT2D eigenvalue weighted by molar-refractivity contribution is 0.0720. The summed E-state index contributed by atoms with van der Waals surface area (Å²) < 4.78 is 11.0. The molecular weight excluding hydrogens is 372 g/mol. The summed E-state index contributed by atoms with van der Waals surface area (Å²) in [7, 11) is 0. The van der Waals surface area contributed by atoms with Crippen molar-refractivity contribution in [1.29, 1.82) is 0 Å². The van der Waals surface area contributed by atoms with Crippen molar-refractivity contribution in [3.63, 3.8) is 0 Å². The lowest BCUT2D eigenvalue weighted by Gasteiger charge is -2.11. The predicted octanol–water partition coefficient (Wildman–Crippen LogP) is 5.47. The number of hydroxylamine groups is 1. The Bertz CT molecular complexity index is 534. The van der Waals surface area contributed by atoms with E-state index in [0.717, 1.165) is 0 Å². The topological polar surface area (TPSA) is 39.7 Å². The van der Waals surface area contributed by atoms with Crippen LogP contribution in [0.4, 0.5) is 0 Å². The van der Waals surface area contributed by atoms with E-state index < -0.39 is 0 Å². The first-order valence-corrected chi connectivity index (χ1v) is 7.79. The van der Waals surface area contributed by atoms with Crippen molar-refractivity contribution >= 4 is 46.4 Å². The Labute approximate surface area is 149 Å². The van der Waals surface area contributed by atoms with E-state index in [1.165, 1.54) is 12.3 Å². The molecule has 4 nitrogen and oxygen atoms in total. The van der Waals surface area contributed by atoms with E-state index in [2.05, 4.69) is 5.48 Å². The van der Waals surface area contributed by atoms with Crippen LogP contribution in [0.25, 0.3) is 0 Å². The average molecular weight is 387 g/mol. The van der Waals surface area contributed by atoms with Crippen LogP contribution in [0.1, 0.15) is 13.8 Å². The highest BCUT2D eigenvalue weighted by Gasteiger charge is 2.10. The summed E-state index contributed by atoms with van der Waals surface area (Å²) in [6.07, 6.45) is 2.94. The summed E-state index contributed by atoms with van der Waals surface area (Å²) in [4.78, 5) is 5.02. The molecule has 1 rings (SSSR count). The molecule has 0 aromatic heterocycles. The van der Waals surface area contributed by atoms with Gasteiger partial charge >= 0.3 is 0 Å². The van der Waals surface area contributed by atoms with Gasteiger partial charge in [-0.05, 0) is 19.9 Å². The van der Waals surface area contributed by atoms with Crippen LogP contribution in [-0.4, -0.2) is 13.2 Å². The van der Waals surface area contributed by atoms with E-state index in [-0.39, 0.29) is 11.1 Å². The maximum atomic E-state index is 6.13. The van der Waals surface area contributed by atoms with Gasteiger partial charge in [0.1, 0.15) is 23.1 Å². The molecule has 0 spiro atoms. The molecule has 0 saturated heterocycles. The smallest absolute Gasteiger partial charge is 0.164 e. The van der Waals surface area contributed by atoms with Crippen molar-refractivity contribution in [2.24, 2.45) is 0 Å². The van der Waals surface area contributed by atoms with Gasteiger partial charge in [0.05, 0.1) is 22.3 Å². The summed E-state index contributed by atoms with van der Waals surface area (Å²) in [5.41, 5.74) is 3.35. The highest BCUT2D eigenvalue weighted by Crippen LogP contribution is 2.37. The molecule has 0 radical (unpaired) electrons. The van der Waals surface area contributed by atoms with Crippen molar-refractivity contribution in [3.8, 4) is 11.5 Å². The number of halogens is 4. The van der Waals surface area contributed by atoms with Crippen molar-refractivity contribution in [1.82, 2.24) is 5.48 Å². The summed E-state index contributed by atoms with van der Waals surface area (Å²) in [5.74, 6) is 0.792. The molecule has 0 unspecified atom stereocenters. The minimum absolute atomic E-state index is 0.125. The fourth-order valence-electron chi connectivity index (χ4n) is 1.29. The van der Waals surface area contributed by atoms with Crippen molar-refractivity contribution in [2.45, 2.75) is 13.8 Å². The summed E-state index contributed by atoms with van der Waals surface area (Å²) in [6, 6.07) is 3.16. The lowest BCUT2D eigenvalue weighted by atomic mass is 10.3. The quantitative estimate of drug-likeness (QED) is 0.474. The van der Waals surface area contributed by atoms with Gasteiger partial charge in [-0.2, -0.15) is 0 Å². The third-order valence-corrected chi connectivity index (χ3v) is 3.06. The fourth-order valence-corrected chi connectivity index (χ4v) is 1.97. The Morgan fingerprint density at radius 1 is 1.23 bits per heavy atom. The number of ether oxygens (including phenoxy) is 2. The Morgan fingerprint density at radius 3 is 2.41 bits per heavy atom. The SMILES string of the molecule is CCONC(C)=COc1c(Cl)cc(OCC=C(Cl)Cl)cc1Cl. The number of benzene rings is 1. The molecule has 8 heteroatoms. The molecule has 1 aromatic carbocycles. The molecule has 0 bridgehead atoms. The Balaban J connectivity index is 2.75. The molecule has 0 aliphatic rings. The van der Waals surface area contributed by atoms with Gasteiger partial charge in [0.25, 0.3) is 0 Å². The van der Waals surface area contributed by atoms with Crippen molar-refractivity contribution in [2.75, 3.05) is 13.2 Å². The summed E-state index contributed by atoms with van der Waals surface area (Å²) >= 11 is 23.2. The third kappa shape index (κ3) is 6.99. The first kappa shape index (κ1) is 19.3. The molecule has 0 heterocycles. The lowest BCUT2D eigenvalue weighted by Crippen LogP contribution is -2.12. The molecule has 22 heavy (non-hydrogen) atoms. The predicted molar refractivity (Wildman–Crippen MR) is 90.9 cm³/mol. The van der Waals surface area contributed by atoms with Crippen LogP contribution in [-0.2, 0) is 4.84 Å². The number of hydrogen-bond donors (Lipinski definition) is 1. The Hall–Kier alpha value is -0.780. The molecular formula is C14H15Cl4NO3. The van der Waals surface area contributed by atoms with E-state index >= 15 is 0 Å². The molecule has 0 atom stereocenters. The molecule has 0 fully saturated rings. The molecule has 0 amide bonds. The van der Waals surface area contributed by atoms with Gasteiger partial charge in [0, 0.05) is 12.1 Å². The fraction of sp³-hybridized carbons (Fsp3) is 0.286. The van der Waals surface area contributed by atoms with Gasteiger partial charge in [-0.15, -0.1) is 0 Å². The van der Waals surface area contributed by atoms with Crippen LogP contribution in [0, 0.1) is 0 Å². The molecule has 1 aromatic rings. The van der Waals surface area contributed by atoms with Crippen molar-refractivity contribution < 1.29 is 14.3 Å². The standard InChI is InChI=1S/C14H15Cl4NO3/c1-3-22-19-9(2)8-21-14-11(15)6-10(7-12(14)16)20-5-4-13(17)18/h4,6-8,19H,3,5H2,1-2H3. The monoisotopic (exact) mass is 385 g/mol. The second-order valence-electron chi connectivity index (χ2n) is 3.97. The minimum Gasteiger partial charge on any atom is -0.489 e. The van der Waals surface area contributed by atoms with Crippen LogP contribution in [0.2, 0.25) is 10.0 Å². The first-order chi connectivity index (χ1) is 10.4.